The molecule has 2 fully saturated rings. The molecule has 4 nitrogen and oxygen atoms in total. The van der Waals surface area contributed by atoms with E-state index < -0.39 is 0 Å². The maximum absolute atomic E-state index is 12.1. The zero-order valence-electron chi connectivity index (χ0n) is 12.1. The van der Waals surface area contributed by atoms with Gasteiger partial charge in [0.15, 0.2) is 5.78 Å². The maximum atomic E-state index is 12.1. The lowest BCUT2D eigenvalue weighted by molar-refractivity contribution is -0.136. The second-order valence-corrected chi connectivity index (χ2v) is 5.65. The molecule has 2 saturated heterocycles. The summed E-state index contributed by atoms with van der Waals surface area (Å²) < 4.78 is 11.2. The molecule has 0 aromatic carbocycles. The van der Waals surface area contributed by atoms with Crippen molar-refractivity contribution in [3.05, 3.63) is 0 Å². The molecule has 0 aromatic rings. The van der Waals surface area contributed by atoms with Crippen LogP contribution in [-0.4, -0.2) is 55.7 Å². The van der Waals surface area contributed by atoms with Gasteiger partial charge in [-0.2, -0.15) is 0 Å². The molecule has 0 N–H and O–H groups in total. The van der Waals surface area contributed by atoms with Crippen molar-refractivity contribution in [1.29, 1.82) is 0 Å². The van der Waals surface area contributed by atoms with Crippen molar-refractivity contribution in [3.63, 3.8) is 0 Å². The van der Waals surface area contributed by atoms with Crippen LogP contribution in [0.4, 0.5) is 0 Å². The number of carbonyl (C=O) groups is 1. The summed E-state index contributed by atoms with van der Waals surface area (Å²) >= 11 is 0. The van der Waals surface area contributed by atoms with E-state index in [1.807, 2.05) is 0 Å². The van der Waals surface area contributed by atoms with Crippen molar-refractivity contribution < 1.29 is 14.3 Å². The Morgan fingerprint density at radius 1 is 1.32 bits per heavy atom. The third-order valence-corrected chi connectivity index (χ3v) is 4.02. The van der Waals surface area contributed by atoms with Gasteiger partial charge in [0.2, 0.25) is 0 Å². The summed E-state index contributed by atoms with van der Waals surface area (Å²) in [6, 6.07) is 0. The fraction of sp³-hybridized carbons (Fsp3) is 0.933. The zero-order valence-corrected chi connectivity index (χ0v) is 12.1. The average Bonchev–Trinajstić information content (AvgIpc) is 2.92. The Morgan fingerprint density at radius 3 is 2.95 bits per heavy atom. The highest BCUT2D eigenvalue weighted by atomic mass is 16.5. The van der Waals surface area contributed by atoms with E-state index in [9.17, 15) is 4.79 Å². The zero-order chi connectivity index (χ0) is 13.5. The Morgan fingerprint density at radius 2 is 2.21 bits per heavy atom. The molecule has 2 aliphatic heterocycles. The summed E-state index contributed by atoms with van der Waals surface area (Å²) in [5, 5.41) is 0. The van der Waals surface area contributed by atoms with Crippen LogP contribution in [0.2, 0.25) is 0 Å². The largest absolute Gasteiger partial charge is 0.378 e. The molecule has 0 radical (unpaired) electrons. The highest BCUT2D eigenvalue weighted by Gasteiger charge is 2.26. The van der Waals surface area contributed by atoms with E-state index in [-0.39, 0.29) is 11.9 Å². The second-order valence-electron chi connectivity index (χ2n) is 5.65. The number of carbonyl (C=O) groups excluding carboxylic acids is 1. The predicted octanol–water partition coefficient (Wildman–Crippen LogP) is 2.02. The number of ketones is 1. The van der Waals surface area contributed by atoms with Crippen LogP contribution in [0.5, 0.6) is 0 Å². The van der Waals surface area contributed by atoms with Gasteiger partial charge in [0.25, 0.3) is 0 Å². The van der Waals surface area contributed by atoms with Crippen LogP contribution in [0.1, 0.15) is 45.4 Å². The number of hydrogen-bond acceptors (Lipinski definition) is 4. The lowest BCUT2D eigenvalue weighted by atomic mass is 10.0. The van der Waals surface area contributed by atoms with Crippen molar-refractivity contribution in [2.24, 2.45) is 0 Å². The summed E-state index contributed by atoms with van der Waals surface area (Å²) in [5.74, 6) is 0.277. The minimum atomic E-state index is -0.190. The lowest BCUT2D eigenvalue weighted by Crippen LogP contribution is -2.46. The van der Waals surface area contributed by atoms with Crippen LogP contribution >= 0.6 is 0 Å². The molecule has 0 aromatic heterocycles. The highest BCUT2D eigenvalue weighted by Crippen LogP contribution is 2.18. The number of Topliss-reactive ketones (excluding diaryl/α,β-unsaturated/α-hetero) is 1. The fourth-order valence-corrected chi connectivity index (χ4v) is 2.95. The van der Waals surface area contributed by atoms with Crippen LogP contribution in [-0.2, 0) is 14.3 Å². The minimum Gasteiger partial charge on any atom is -0.378 e. The van der Waals surface area contributed by atoms with E-state index in [0.717, 1.165) is 45.5 Å². The topological polar surface area (TPSA) is 38.8 Å². The number of ether oxygens (including phenoxy) is 2. The van der Waals surface area contributed by atoms with Crippen LogP contribution in [0.3, 0.4) is 0 Å². The van der Waals surface area contributed by atoms with Gasteiger partial charge >= 0.3 is 0 Å². The molecule has 0 saturated carbocycles. The quantitative estimate of drug-likeness (QED) is 0.709. The second kappa shape index (κ2) is 7.98. The molecule has 2 rings (SSSR count). The third kappa shape index (κ3) is 4.86. The molecular formula is C15H27NO3. The smallest absolute Gasteiger partial charge is 0.162 e. The van der Waals surface area contributed by atoms with E-state index in [1.165, 1.54) is 12.8 Å². The van der Waals surface area contributed by atoms with Crippen LogP contribution in [0.15, 0.2) is 0 Å². The summed E-state index contributed by atoms with van der Waals surface area (Å²) in [4.78, 5) is 14.5. The Labute approximate surface area is 116 Å². The maximum Gasteiger partial charge on any atom is 0.162 e. The normalized spacial score (nSPS) is 28.7. The summed E-state index contributed by atoms with van der Waals surface area (Å²) in [5.41, 5.74) is 0. The standard InChI is InChI=1S/C15H27NO3/c1-2-8-16-9-11-19-15(12-16)14(17)7-3-5-13-6-4-10-18-13/h13,15H,2-12H2,1H3. The van der Waals surface area contributed by atoms with Gasteiger partial charge in [-0.25, -0.2) is 0 Å². The number of hydrogen-bond donors (Lipinski definition) is 0. The third-order valence-electron chi connectivity index (χ3n) is 4.02. The van der Waals surface area contributed by atoms with Crippen molar-refractivity contribution in [3.8, 4) is 0 Å². The summed E-state index contributed by atoms with van der Waals surface area (Å²) in [6.07, 6.45) is 6.30. The molecule has 2 heterocycles. The lowest BCUT2D eigenvalue weighted by Gasteiger charge is -2.31. The monoisotopic (exact) mass is 269 g/mol. The molecule has 0 spiro atoms. The number of nitrogens with zero attached hydrogens (tertiary/aromatic N) is 1. The minimum absolute atomic E-state index is 0.190. The van der Waals surface area contributed by atoms with E-state index in [2.05, 4.69) is 11.8 Å². The molecule has 0 bridgehead atoms. The molecule has 0 aliphatic carbocycles. The number of morpholine rings is 1. The van der Waals surface area contributed by atoms with Crippen molar-refractivity contribution in [2.45, 2.75) is 57.7 Å². The molecular weight excluding hydrogens is 242 g/mol. The first-order chi connectivity index (χ1) is 9.29. The predicted molar refractivity (Wildman–Crippen MR) is 74.3 cm³/mol. The van der Waals surface area contributed by atoms with Gasteiger partial charge in [-0.3, -0.25) is 9.69 Å². The van der Waals surface area contributed by atoms with Gasteiger partial charge in [-0.1, -0.05) is 6.92 Å². The molecule has 110 valence electrons. The molecule has 2 atom stereocenters. The van der Waals surface area contributed by atoms with Crippen molar-refractivity contribution >= 4 is 5.78 Å². The first kappa shape index (κ1) is 14.9. The van der Waals surface area contributed by atoms with Gasteiger partial charge < -0.3 is 9.47 Å². The number of rotatable bonds is 7. The van der Waals surface area contributed by atoms with Crippen molar-refractivity contribution in [1.82, 2.24) is 4.90 Å². The van der Waals surface area contributed by atoms with Crippen molar-refractivity contribution in [2.75, 3.05) is 32.8 Å². The Bertz CT molecular complexity index is 275. The summed E-state index contributed by atoms with van der Waals surface area (Å²) in [7, 11) is 0. The summed E-state index contributed by atoms with van der Waals surface area (Å²) in [6.45, 7) is 6.59. The van der Waals surface area contributed by atoms with Crippen LogP contribution < -0.4 is 0 Å². The molecule has 2 unspecified atom stereocenters. The van der Waals surface area contributed by atoms with E-state index in [1.54, 1.807) is 0 Å². The van der Waals surface area contributed by atoms with Gasteiger partial charge in [-0.15, -0.1) is 0 Å². The Balaban J connectivity index is 1.64. The molecule has 0 amide bonds. The first-order valence-electron chi connectivity index (χ1n) is 7.78. The SMILES string of the molecule is CCCN1CCOC(C(=O)CCCC2CCCO2)C1. The van der Waals surface area contributed by atoms with Gasteiger partial charge in [-0.05, 0) is 38.6 Å². The highest BCUT2D eigenvalue weighted by molar-refractivity contribution is 5.83. The first-order valence-corrected chi connectivity index (χ1v) is 7.78. The Kier molecular flexibility index (Phi) is 6.28. The molecule has 4 heteroatoms. The van der Waals surface area contributed by atoms with Gasteiger partial charge in [0, 0.05) is 26.1 Å². The van der Waals surface area contributed by atoms with Crippen LogP contribution in [0.25, 0.3) is 0 Å². The molecule has 2 aliphatic rings. The Hall–Kier alpha value is -0.450. The average molecular weight is 269 g/mol. The fourth-order valence-electron chi connectivity index (χ4n) is 2.95. The van der Waals surface area contributed by atoms with E-state index >= 15 is 0 Å². The molecule has 19 heavy (non-hydrogen) atoms. The van der Waals surface area contributed by atoms with Crippen LogP contribution in [0, 0.1) is 0 Å². The van der Waals surface area contributed by atoms with Gasteiger partial charge in [0.05, 0.1) is 12.7 Å². The van der Waals surface area contributed by atoms with E-state index in [4.69, 9.17) is 9.47 Å². The van der Waals surface area contributed by atoms with E-state index in [0.29, 0.717) is 19.1 Å². The van der Waals surface area contributed by atoms with Gasteiger partial charge in [0.1, 0.15) is 6.10 Å².